The Morgan fingerprint density at radius 1 is 1.05 bits per heavy atom. The number of esters is 1. The number of hydrogen-bond donors (Lipinski definition) is 0. The van der Waals surface area contributed by atoms with E-state index in [0.717, 1.165) is 18.4 Å². The zero-order valence-corrected chi connectivity index (χ0v) is 11.3. The lowest BCUT2D eigenvalue weighted by Crippen LogP contribution is -2.17. The van der Waals surface area contributed by atoms with E-state index in [1.165, 1.54) is 0 Å². The lowest BCUT2D eigenvalue weighted by molar-refractivity contribution is -0.155. The van der Waals surface area contributed by atoms with Crippen LogP contribution in [0.2, 0.25) is 0 Å². The van der Waals surface area contributed by atoms with Crippen LogP contribution < -0.4 is 0 Å². The van der Waals surface area contributed by atoms with E-state index in [9.17, 15) is 14.4 Å². The fourth-order valence-corrected chi connectivity index (χ4v) is 1.94. The monoisotopic (exact) mass is 274 g/mol. The van der Waals surface area contributed by atoms with Crippen LogP contribution in [0.25, 0.3) is 0 Å². The second kappa shape index (κ2) is 6.98. The van der Waals surface area contributed by atoms with Crippen molar-refractivity contribution in [2.45, 2.75) is 38.7 Å². The number of ether oxygens (including phenoxy) is 1. The quantitative estimate of drug-likeness (QED) is 0.539. The first-order chi connectivity index (χ1) is 9.66. The summed E-state index contributed by atoms with van der Waals surface area (Å²) in [6, 6.07) is 9.20. The van der Waals surface area contributed by atoms with Crippen LogP contribution in [0.5, 0.6) is 0 Å². The van der Waals surface area contributed by atoms with Gasteiger partial charge in [0.15, 0.2) is 0 Å². The molecule has 2 rings (SSSR count). The molecule has 0 radical (unpaired) electrons. The van der Waals surface area contributed by atoms with Gasteiger partial charge in [-0.05, 0) is 24.8 Å². The van der Waals surface area contributed by atoms with E-state index in [1.807, 2.05) is 30.3 Å². The molecule has 1 aliphatic carbocycles. The van der Waals surface area contributed by atoms with E-state index in [4.69, 9.17) is 4.74 Å². The van der Waals surface area contributed by atoms with Gasteiger partial charge in [-0.3, -0.25) is 9.59 Å². The number of rotatable bonds is 8. The Balaban J connectivity index is 1.64. The Morgan fingerprint density at radius 2 is 1.75 bits per heavy atom. The molecular formula is C16H18O4. The van der Waals surface area contributed by atoms with Gasteiger partial charge in [-0.25, -0.2) is 4.79 Å². The van der Waals surface area contributed by atoms with Crippen LogP contribution in [0.15, 0.2) is 30.3 Å². The fraction of sp³-hybridized carbons (Fsp3) is 0.438. The maximum Gasteiger partial charge on any atom is 0.374 e. The van der Waals surface area contributed by atoms with Crippen molar-refractivity contribution in [3.8, 4) is 0 Å². The molecule has 0 heterocycles. The summed E-state index contributed by atoms with van der Waals surface area (Å²) in [5, 5.41) is 0. The molecule has 4 heteroatoms. The second-order valence-electron chi connectivity index (χ2n) is 5.08. The van der Waals surface area contributed by atoms with Crippen molar-refractivity contribution in [3.05, 3.63) is 35.9 Å². The molecule has 0 saturated heterocycles. The van der Waals surface area contributed by atoms with Crippen molar-refractivity contribution in [1.82, 2.24) is 0 Å². The predicted octanol–water partition coefficient (Wildman–Crippen LogP) is 2.45. The van der Waals surface area contributed by atoms with Crippen LogP contribution in [-0.2, 0) is 25.7 Å². The Bertz CT molecular complexity index is 488. The summed E-state index contributed by atoms with van der Waals surface area (Å²) in [5.74, 6) is -0.928. The Labute approximate surface area is 118 Å². The minimum atomic E-state index is -0.812. The molecule has 0 amide bonds. The number of carbonyl (C=O) groups is 3. The molecule has 1 aromatic carbocycles. The highest BCUT2D eigenvalue weighted by Crippen LogP contribution is 2.31. The lowest BCUT2D eigenvalue weighted by atomic mass is 10.1. The first-order valence-electron chi connectivity index (χ1n) is 6.93. The van der Waals surface area contributed by atoms with E-state index in [-0.39, 0.29) is 24.7 Å². The minimum Gasteiger partial charge on any atom is -0.455 e. The molecule has 1 aliphatic rings. The van der Waals surface area contributed by atoms with Gasteiger partial charge in [0, 0.05) is 18.8 Å². The molecule has 0 atom stereocenters. The van der Waals surface area contributed by atoms with Gasteiger partial charge >= 0.3 is 5.97 Å². The first kappa shape index (κ1) is 14.4. The standard InChI is InChI=1S/C16H18O4/c17-14(13-9-10-13)7-4-8-15(18)16(19)20-11-12-5-2-1-3-6-12/h1-3,5-6,13H,4,7-11H2. The third-order valence-corrected chi connectivity index (χ3v) is 3.30. The predicted molar refractivity (Wildman–Crippen MR) is 72.8 cm³/mol. The Kier molecular flexibility index (Phi) is 5.04. The van der Waals surface area contributed by atoms with Crippen LogP contribution in [-0.4, -0.2) is 17.5 Å². The smallest absolute Gasteiger partial charge is 0.374 e. The van der Waals surface area contributed by atoms with Crippen LogP contribution in [0.3, 0.4) is 0 Å². The highest BCUT2D eigenvalue weighted by Gasteiger charge is 2.28. The van der Waals surface area contributed by atoms with Crippen molar-refractivity contribution in [3.63, 3.8) is 0 Å². The molecule has 0 aromatic heterocycles. The topological polar surface area (TPSA) is 60.4 Å². The molecule has 1 aromatic rings. The maximum absolute atomic E-state index is 11.5. The third kappa shape index (κ3) is 4.61. The van der Waals surface area contributed by atoms with Gasteiger partial charge in [-0.15, -0.1) is 0 Å². The fourth-order valence-electron chi connectivity index (χ4n) is 1.94. The van der Waals surface area contributed by atoms with Crippen molar-refractivity contribution in [2.24, 2.45) is 5.92 Å². The molecule has 106 valence electrons. The summed E-state index contributed by atoms with van der Waals surface area (Å²) in [7, 11) is 0. The maximum atomic E-state index is 11.5. The number of Topliss-reactive ketones (excluding diaryl/α,β-unsaturated/α-hetero) is 2. The van der Waals surface area contributed by atoms with Crippen molar-refractivity contribution >= 4 is 17.5 Å². The van der Waals surface area contributed by atoms with Gasteiger partial charge < -0.3 is 4.74 Å². The number of hydrogen-bond acceptors (Lipinski definition) is 4. The van der Waals surface area contributed by atoms with E-state index < -0.39 is 11.8 Å². The molecule has 0 N–H and O–H groups in total. The highest BCUT2D eigenvalue weighted by molar-refractivity contribution is 6.33. The third-order valence-electron chi connectivity index (χ3n) is 3.30. The SMILES string of the molecule is O=C(CCCC(=O)C1CC1)C(=O)OCc1ccccc1. The average Bonchev–Trinajstić information content (AvgIpc) is 3.30. The summed E-state index contributed by atoms with van der Waals surface area (Å²) < 4.78 is 4.93. The van der Waals surface area contributed by atoms with Gasteiger partial charge in [0.2, 0.25) is 5.78 Å². The van der Waals surface area contributed by atoms with Gasteiger partial charge in [0.1, 0.15) is 12.4 Å². The van der Waals surface area contributed by atoms with Crippen molar-refractivity contribution < 1.29 is 19.1 Å². The van der Waals surface area contributed by atoms with Crippen LogP contribution in [0.4, 0.5) is 0 Å². The highest BCUT2D eigenvalue weighted by atomic mass is 16.5. The summed E-state index contributed by atoms with van der Waals surface area (Å²) in [5.41, 5.74) is 0.845. The molecule has 0 unspecified atom stereocenters. The number of carbonyl (C=O) groups excluding carboxylic acids is 3. The van der Waals surface area contributed by atoms with E-state index in [1.54, 1.807) is 0 Å². The van der Waals surface area contributed by atoms with Gasteiger partial charge in [0.05, 0.1) is 0 Å². The average molecular weight is 274 g/mol. The van der Waals surface area contributed by atoms with Crippen LogP contribution in [0, 0.1) is 5.92 Å². The molecule has 0 aliphatic heterocycles. The van der Waals surface area contributed by atoms with E-state index >= 15 is 0 Å². The number of benzene rings is 1. The zero-order chi connectivity index (χ0) is 14.4. The summed E-state index contributed by atoms with van der Waals surface area (Å²) in [6.07, 6.45) is 2.88. The van der Waals surface area contributed by atoms with Crippen LogP contribution >= 0.6 is 0 Å². The molecule has 0 bridgehead atoms. The molecule has 20 heavy (non-hydrogen) atoms. The summed E-state index contributed by atoms with van der Waals surface area (Å²) >= 11 is 0. The summed E-state index contributed by atoms with van der Waals surface area (Å²) in [6.45, 7) is 0.104. The normalized spacial score (nSPS) is 13.8. The second-order valence-corrected chi connectivity index (χ2v) is 5.08. The lowest BCUT2D eigenvalue weighted by Gasteiger charge is -2.04. The van der Waals surface area contributed by atoms with Crippen molar-refractivity contribution in [1.29, 1.82) is 0 Å². The zero-order valence-electron chi connectivity index (χ0n) is 11.3. The van der Waals surface area contributed by atoms with Crippen LogP contribution in [0.1, 0.15) is 37.7 Å². The van der Waals surface area contributed by atoms with Gasteiger partial charge in [-0.2, -0.15) is 0 Å². The molecule has 0 spiro atoms. The summed E-state index contributed by atoms with van der Waals surface area (Å²) in [4.78, 5) is 34.5. The molecule has 1 saturated carbocycles. The van der Waals surface area contributed by atoms with Gasteiger partial charge in [0.25, 0.3) is 0 Å². The van der Waals surface area contributed by atoms with Gasteiger partial charge in [-0.1, -0.05) is 30.3 Å². The molecular weight excluding hydrogens is 256 g/mol. The minimum absolute atomic E-state index is 0.0894. The first-order valence-corrected chi connectivity index (χ1v) is 6.93. The largest absolute Gasteiger partial charge is 0.455 e. The number of ketones is 2. The van der Waals surface area contributed by atoms with Crippen molar-refractivity contribution in [2.75, 3.05) is 0 Å². The molecule has 4 nitrogen and oxygen atoms in total. The Morgan fingerprint density at radius 3 is 2.40 bits per heavy atom. The van der Waals surface area contributed by atoms with E-state index in [0.29, 0.717) is 12.8 Å². The Hall–Kier alpha value is -1.97. The molecule has 1 fully saturated rings. The van der Waals surface area contributed by atoms with E-state index in [2.05, 4.69) is 0 Å².